The third-order valence-electron chi connectivity index (χ3n) is 2.92. The fourth-order valence-electron chi connectivity index (χ4n) is 1.76. The molecule has 0 radical (unpaired) electrons. The van der Waals surface area contributed by atoms with Crippen LogP contribution < -0.4 is 14.8 Å². The zero-order chi connectivity index (χ0) is 15.7. The average molecular weight is 295 g/mol. The van der Waals surface area contributed by atoms with Gasteiger partial charge in [-0.2, -0.15) is 0 Å². The Hall–Kier alpha value is -1.26. The molecule has 0 atom stereocenters. The summed E-state index contributed by atoms with van der Waals surface area (Å²) in [6.45, 7) is 11.2. The second kappa shape index (κ2) is 8.90. The molecule has 0 saturated carbocycles. The smallest absolute Gasteiger partial charge is 0.127 e. The van der Waals surface area contributed by atoms with Crippen LogP contribution >= 0.6 is 0 Å². The van der Waals surface area contributed by atoms with Gasteiger partial charge in [0, 0.05) is 30.3 Å². The third kappa shape index (κ3) is 7.34. The zero-order valence-corrected chi connectivity index (χ0v) is 14.0. The standard InChI is InChI=1S/C17H29NO3/c1-6-9-20-10-11-21-16-12-15(19-5)8-7-14(16)13-18-17(2,3)4/h7-8,12,18H,6,9-11,13H2,1-5H3. The van der Waals surface area contributed by atoms with Gasteiger partial charge in [-0.25, -0.2) is 0 Å². The summed E-state index contributed by atoms with van der Waals surface area (Å²) in [7, 11) is 1.66. The molecular weight excluding hydrogens is 266 g/mol. The van der Waals surface area contributed by atoms with E-state index in [0.717, 1.165) is 36.6 Å². The van der Waals surface area contributed by atoms with Gasteiger partial charge in [-0.3, -0.25) is 0 Å². The molecule has 0 aliphatic heterocycles. The molecular formula is C17H29NO3. The van der Waals surface area contributed by atoms with Crippen molar-refractivity contribution < 1.29 is 14.2 Å². The predicted molar refractivity (Wildman–Crippen MR) is 86.2 cm³/mol. The second-order valence-electron chi connectivity index (χ2n) is 6.04. The van der Waals surface area contributed by atoms with Gasteiger partial charge in [-0.15, -0.1) is 0 Å². The van der Waals surface area contributed by atoms with E-state index in [-0.39, 0.29) is 5.54 Å². The average Bonchev–Trinajstić information content (AvgIpc) is 2.44. The van der Waals surface area contributed by atoms with E-state index in [4.69, 9.17) is 14.2 Å². The molecule has 0 saturated heterocycles. The molecule has 1 aromatic carbocycles. The highest BCUT2D eigenvalue weighted by Crippen LogP contribution is 2.25. The predicted octanol–water partition coefficient (Wildman–Crippen LogP) is 3.39. The Morgan fingerprint density at radius 2 is 1.86 bits per heavy atom. The maximum absolute atomic E-state index is 5.85. The first-order chi connectivity index (χ1) is 9.96. The van der Waals surface area contributed by atoms with E-state index >= 15 is 0 Å². The highest BCUT2D eigenvalue weighted by molar-refractivity contribution is 5.40. The van der Waals surface area contributed by atoms with Gasteiger partial charge in [-0.1, -0.05) is 13.0 Å². The van der Waals surface area contributed by atoms with E-state index < -0.39 is 0 Å². The number of benzene rings is 1. The number of hydrogen-bond acceptors (Lipinski definition) is 4. The van der Waals surface area contributed by atoms with E-state index in [9.17, 15) is 0 Å². The summed E-state index contributed by atoms with van der Waals surface area (Å²) >= 11 is 0. The number of nitrogens with one attached hydrogen (secondary N) is 1. The molecule has 0 fully saturated rings. The minimum Gasteiger partial charge on any atom is -0.497 e. The molecule has 1 N–H and O–H groups in total. The van der Waals surface area contributed by atoms with Gasteiger partial charge in [0.25, 0.3) is 0 Å². The molecule has 21 heavy (non-hydrogen) atoms. The summed E-state index contributed by atoms with van der Waals surface area (Å²) in [5, 5.41) is 3.47. The zero-order valence-electron chi connectivity index (χ0n) is 14.0. The van der Waals surface area contributed by atoms with Crippen molar-refractivity contribution in [3.63, 3.8) is 0 Å². The van der Waals surface area contributed by atoms with E-state index in [1.165, 1.54) is 0 Å². The summed E-state index contributed by atoms with van der Waals surface area (Å²) < 4.78 is 16.6. The van der Waals surface area contributed by atoms with E-state index in [0.29, 0.717) is 13.2 Å². The van der Waals surface area contributed by atoms with E-state index in [1.54, 1.807) is 7.11 Å². The Bertz CT molecular complexity index is 413. The van der Waals surface area contributed by atoms with Gasteiger partial charge in [0.1, 0.15) is 18.1 Å². The van der Waals surface area contributed by atoms with Crippen LogP contribution in [0.15, 0.2) is 18.2 Å². The van der Waals surface area contributed by atoms with Crippen molar-refractivity contribution in [3.8, 4) is 11.5 Å². The van der Waals surface area contributed by atoms with Crippen molar-refractivity contribution in [2.75, 3.05) is 26.9 Å². The van der Waals surface area contributed by atoms with Gasteiger partial charge in [-0.05, 0) is 33.3 Å². The topological polar surface area (TPSA) is 39.7 Å². The summed E-state index contributed by atoms with van der Waals surface area (Å²) in [6, 6.07) is 5.93. The van der Waals surface area contributed by atoms with Crippen molar-refractivity contribution >= 4 is 0 Å². The fourth-order valence-corrected chi connectivity index (χ4v) is 1.76. The van der Waals surface area contributed by atoms with Gasteiger partial charge < -0.3 is 19.5 Å². The summed E-state index contributed by atoms with van der Waals surface area (Å²) in [5.74, 6) is 1.66. The third-order valence-corrected chi connectivity index (χ3v) is 2.92. The second-order valence-corrected chi connectivity index (χ2v) is 6.04. The largest absolute Gasteiger partial charge is 0.497 e. The van der Waals surface area contributed by atoms with Crippen LogP contribution in [0.1, 0.15) is 39.7 Å². The van der Waals surface area contributed by atoms with Gasteiger partial charge >= 0.3 is 0 Å². The highest BCUT2D eigenvalue weighted by Gasteiger charge is 2.12. The van der Waals surface area contributed by atoms with Crippen molar-refractivity contribution in [2.45, 2.75) is 46.2 Å². The Labute approximate surface area is 128 Å². The molecule has 0 aliphatic carbocycles. The van der Waals surface area contributed by atoms with Crippen molar-refractivity contribution in [2.24, 2.45) is 0 Å². The molecule has 0 aromatic heterocycles. The summed E-state index contributed by atoms with van der Waals surface area (Å²) in [4.78, 5) is 0. The minimum absolute atomic E-state index is 0.0709. The van der Waals surface area contributed by atoms with Gasteiger partial charge in [0.15, 0.2) is 0 Å². The number of methoxy groups -OCH3 is 1. The van der Waals surface area contributed by atoms with Crippen molar-refractivity contribution in [1.82, 2.24) is 5.32 Å². The quantitative estimate of drug-likeness (QED) is 0.709. The first kappa shape index (κ1) is 17.8. The number of ether oxygens (including phenoxy) is 3. The van der Waals surface area contributed by atoms with Crippen LogP contribution in [0, 0.1) is 0 Å². The lowest BCUT2D eigenvalue weighted by Gasteiger charge is -2.22. The molecule has 0 unspecified atom stereocenters. The maximum atomic E-state index is 5.85. The first-order valence-corrected chi connectivity index (χ1v) is 7.58. The normalized spacial score (nSPS) is 11.5. The van der Waals surface area contributed by atoms with Crippen LogP contribution in [-0.4, -0.2) is 32.5 Å². The monoisotopic (exact) mass is 295 g/mol. The van der Waals surface area contributed by atoms with Crippen LogP contribution in [0.4, 0.5) is 0 Å². The SMILES string of the molecule is CCCOCCOc1cc(OC)ccc1CNC(C)(C)C. The maximum Gasteiger partial charge on any atom is 0.127 e. The Kier molecular flexibility index (Phi) is 7.54. The van der Waals surface area contributed by atoms with Crippen LogP contribution in [0.3, 0.4) is 0 Å². The number of rotatable bonds is 9. The van der Waals surface area contributed by atoms with Crippen LogP contribution in [0.5, 0.6) is 11.5 Å². The highest BCUT2D eigenvalue weighted by atomic mass is 16.5. The minimum atomic E-state index is 0.0709. The molecule has 1 rings (SSSR count). The molecule has 0 aliphatic rings. The number of hydrogen-bond donors (Lipinski definition) is 1. The lowest BCUT2D eigenvalue weighted by molar-refractivity contribution is 0.100. The van der Waals surface area contributed by atoms with Gasteiger partial charge in [0.2, 0.25) is 0 Å². The Morgan fingerprint density at radius 3 is 2.48 bits per heavy atom. The molecule has 1 aromatic rings. The van der Waals surface area contributed by atoms with E-state index in [1.807, 2.05) is 18.2 Å². The van der Waals surface area contributed by atoms with Gasteiger partial charge in [0.05, 0.1) is 13.7 Å². The van der Waals surface area contributed by atoms with Crippen LogP contribution in [0.25, 0.3) is 0 Å². The van der Waals surface area contributed by atoms with Crippen LogP contribution in [-0.2, 0) is 11.3 Å². The lowest BCUT2D eigenvalue weighted by atomic mass is 10.1. The molecule has 120 valence electrons. The van der Waals surface area contributed by atoms with Crippen LogP contribution in [0.2, 0.25) is 0 Å². The molecule has 0 bridgehead atoms. The first-order valence-electron chi connectivity index (χ1n) is 7.58. The van der Waals surface area contributed by atoms with Crippen molar-refractivity contribution in [1.29, 1.82) is 0 Å². The molecule has 0 heterocycles. The summed E-state index contributed by atoms with van der Waals surface area (Å²) in [5.41, 5.74) is 1.20. The van der Waals surface area contributed by atoms with E-state index in [2.05, 4.69) is 33.0 Å². The summed E-state index contributed by atoms with van der Waals surface area (Å²) in [6.07, 6.45) is 1.03. The Balaban J connectivity index is 2.63. The van der Waals surface area contributed by atoms with Crippen molar-refractivity contribution in [3.05, 3.63) is 23.8 Å². The molecule has 4 nitrogen and oxygen atoms in total. The fraction of sp³-hybridized carbons (Fsp3) is 0.647. The molecule has 0 spiro atoms. The molecule has 4 heteroatoms. The Morgan fingerprint density at radius 1 is 1.10 bits per heavy atom. The lowest BCUT2D eigenvalue weighted by Crippen LogP contribution is -2.35. The molecule has 0 amide bonds.